The van der Waals surface area contributed by atoms with Crippen molar-refractivity contribution in [1.29, 1.82) is 0 Å². The molecule has 0 nitrogen and oxygen atoms in total. The normalized spacial score (nSPS) is 11.5. The summed E-state index contributed by atoms with van der Waals surface area (Å²) in [5.74, 6) is 0. The van der Waals surface area contributed by atoms with Gasteiger partial charge in [0.15, 0.2) is 0 Å². The van der Waals surface area contributed by atoms with Crippen LogP contribution in [-0.2, 0) is 0 Å². The number of aryl methyl sites for hydroxylation is 2. The predicted octanol–water partition coefficient (Wildman–Crippen LogP) is 5.76. The summed E-state index contributed by atoms with van der Waals surface area (Å²) in [6, 6.07) is 22.2. The molecule has 0 unspecified atom stereocenters. The average molecular weight is 256 g/mol. The zero-order valence-electron chi connectivity index (χ0n) is 11.8. The molecule has 0 heteroatoms. The molecule has 0 atom stereocenters. The van der Waals surface area contributed by atoms with E-state index in [1.807, 2.05) is 0 Å². The summed E-state index contributed by atoms with van der Waals surface area (Å²) < 4.78 is 0. The Hall–Kier alpha value is -2.34. The Labute approximate surface area is 118 Å². The van der Waals surface area contributed by atoms with E-state index in [1.165, 1.54) is 43.4 Å². The van der Waals surface area contributed by atoms with E-state index in [0.717, 1.165) is 0 Å². The zero-order valence-corrected chi connectivity index (χ0v) is 11.8. The van der Waals surface area contributed by atoms with Crippen molar-refractivity contribution in [3.8, 4) is 0 Å². The molecule has 0 radical (unpaired) electrons. The fourth-order valence-electron chi connectivity index (χ4n) is 3.30. The van der Waals surface area contributed by atoms with Gasteiger partial charge in [-0.3, -0.25) is 0 Å². The van der Waals surface area contributed by atoms with Gasteiger partial charge in [0.05, 0.1) is 0 Å². The van der Waals surface area contributed by atoms with E-state index >= 15 is 0 Å². The number of hydrogen-bond acceptors (Lipinski definition) is 0. The van der Waals surface area contributed by atoms with Crippen molar-refractivity contribution in [3.05, 3.63) is 71.8 Å². The SMILES string of the molecule is Cc1cc(C)c2ccc3c4ccccc4ccc3c2c1. The summed E-state index contributed by atoms with van der Waals surface area (Å²) in [7, 11) is 0. The first-order chi connectivity index (χ1) is 9.74. The van der Waals surface area contributed by atoms with E-state index < -0.39 is 0 Å². The third-order valence-corrected chi connectivity index (χ3v) is 4.21. The molecule has 0 saturated heterocycles. The van der Waals surface area contributed by atoms with Gasteiger partial charge in [0.1, 0.15) is 0 Å². The summed E-state index contributed by atoms with van der Waals surface area (Å²) >= 11 is 0. The minimum atomic E-state index is 1.31. The van der Waals surface area contributed by atoms with Crippen molar-refractivity contribution in [2.45, 2.75) is 13.8 Å². The molecule has 0 saturated carbocycles. The second kappa shape index (κ2) is 4.08. The van der Waals surface area contributed by atoms with Crippen molar-refractivity contribution in [2.75, 3.05) is 0 Å². The molecule has 0 spiro atoms. The maximum Gasteiger partial charge on any atom is -0.00988 e. The Bertz CT molecular complexity index is 962. The predicted molar refractivity (Wildman–Crippen MR) is 88.4 cm³/mol. The second-order valence-corrected chi connectivity index (χ2v) is 5.62. The van der Waals surface area contributed by atoms with Crippen LogP contribution in [0.3, 0.4) is 0 Å². The molecule has 4 rings (SSSR count). The molecule has 0 aliphatic rings. The quantitative estimate of drug-likeness (QED) is 0.351. The third-order valence-electron chi connectivity index (χ3n) is 4.21. The molecular formula is C20H16. The molecule has 0 N–H and O–H groups in total. The van der Waals surface area contributed by atoms with Crippen molar-refractivity contribution in [3.63, 3.8) is 0 Å². The van der Waals surface area contributed by atoms with Crippen LogP contribution in [0.15, 0.2) is 60.7 Å². The van der Waals surface area contributed by atoms with Crippen LogP contribution in [-0.4, -0.2) is 0 Å². The summed E-state index contributed by atoms with van der Waals surface area (Å²) in [6.45, 7) is 4.37. The minimum absolute atomic E-state index is 1.31. The lowest BCUT2D eigenvalue weighted by molar-refractivity contribution is 1.43. The standard InChI is InChI=1S/C20H16/c1-13-11-14(2)16-9-10-18-17-6-4-3-5-15(17)7-8-19(18)20(16)12-13/h3-12H,1-2H3. The fraction of sp³-hybridized carbons (Fsp3) is 0.100. The van der Waals surface area contributed by atoms with E-state index in [-0.39, 0.29) is 0 Å². The van der Waals surface area contributed by atoms with Gasteiger partial charge >= 0.3 is 0 Å². The van der Waals surface area contributed by atoms with Crippen LogP contribution in [0.5, 0.6) is 0 Å². The number of fused-ring (bicyclic) bond motifs is 5. The van der Waals surface area contributed by atoms with E-state index in [9.17, 15) is 0 Å². The Balaban J connectivity index is 2.28. The number of hydrogen-bond donors (Lipinski definition) is 0. The Morgan fingerprint density at radius 2 is 1.25 bits per heavy atom. The summed E-state index contributed by atoms with van der Waals surface area (Å²) in [4.78, 5) is 0. The zero-order chi connectivity index (χ0) is 13.7. The molecule has 0 bridgehead atoms. The molecule has 4 aromatic carbocycles. The first kappa shape index (κ1) is 11.5. The highest BCUT2D eigenvalue weighted by atomic mass is 14.1. The molecule has 4 aromatic rings. The first-order valence-corrected chi connectivity index (χ1v) is 7.05. The van der Waals surface area contributed by atoms with Crippen LogP contribution in [0.2, 0.25) is 0 Å². The maximum atomic E-state index is 2.30. The molecule has 0 aliphatic carbocycles. The largest absolute Gasteiger partial charge is 0.0616 e. The molecule has 0 amide bonds. The lowest BCUT2D eigenvalue weighted by Crippen LogP contribution is -1.85. The van der Waals surface area contributed by atoms with Gasteiger partial charge in [-0.2, -0.15) is 0 Å². The van der Waals surface area contributed by atoms with Crippen LogP contribution < -0.4 is 0 Å². The number of benzene rings is 4. The smallest absolute Gasteiger partial charge is 0.00988 e. The molecule has 96 valence electrons. The van der Waals surface area contributed by atoms with Gasteiger partial charge in [-0.1, -0.05) is 66.2 Å². The maximum absolute atomic E-state index is 2.30. The lowest BCUT2D eigenvalue weighted by Gasteiger charge is -2.10. The molecule has 20 heavy (non-hydrogen) atoms. The van der Waals surface area contributed by atoms with Gasteiger partial charge in [-0.05, 0) is 51.7 Å². The van der Waals surface area contributed by atoms with E-state index in [1.54, 1.807) is 0 Å². The van der Waals surface area contributed by atoms with Crippen molar-refractivity contribution in [2.24, 2.45) is 0 Å². The first-order valence-electron chi connectivity index (χ1n) is 7.05. The Morgan fingerprint density at radius 1 is 0.550 bits per heavy atom. The second-order valence-electron chi connectivity index (χ2n) is 5.62. The monoisotopic (exact) mass is 256 g/mol. The fourth-order valence-corrected chi connectivity index (χ4v) is 3.30. The van der Waals surface area contributed by atoms with Crippen LogP contribution in [0.25, 0.3) is 32.3 Å². The van der Waals surface area contributed by atoms with Crippen LogP contribution in [0, 0.1) is 13.8 Å². The molecule has 0 fully saturated rings. The Morgan fingerprint density at radius 3 is 2.15 bits per heavy atom. The van der Waals surface area contributed by atoms with Crippen molar-refractivity contribution < 1.29 is 0 Å². The van der Waals surface area contributed by atoms with Crippen LogP contribution >= 0.6 is 0 Å². The van der Waals surface area contributed by atoms with E-state index in [2.05, 4.69) is 74.5 Å². The van der Waals surface area contributed by atoms with Crippen molar-refractivity contribution in [1.82, 2.24) is 0 Å². The van der Waals surface area contributed by atoms with Gasteiger partial charge < -0.3 is 0 Å². The highest BCUT2D eigenvalue weighted by molar-refractivity contribution is 6.17. The van der Waals surface area contributed by atoms with Crippen molar-refractivity contribution >= 4 is 32.3 Å². The van der Waals surface area contributed by atoms with Gasteiger partial charge in [0.25, 0.3) is 0 Å². The summed E-state index contributed by atoms with van der Waals surface area (Å²) in [5.41, 5.74) is 2.69. The highest BCUT2D eigenvalue weighted by Crippen LogP contribution is 2.32. The van der Waals surface area contributed by atoms with Gasteiger partial charge in [-0.15, -0.1) is 0 Å². The highest BCUT2D eigenvalue weighted by Gasteiger charge is 2.06. The van der Waals surface area contributed by atoms with Gasteiger partial charge in [0, 0.05) is 0 Å². The summed E-state index contributed by atoms with van der Waals surface area (Å²) in [5, 5.41) is 8.08. The number of rotatable bonds is 0. The van der Waals surface area contributed by atoms with E-state index in [4.69, 9.17) is 0 Å². The molecule has 0 heterocycles. The minimum Gasteiger partial charge on any atom is -0.0616 e. The van der Waals surface area contributed by atoms with Crippen LogP contribution in [0.4, 0.5) is 0 Å². The Kier molecular flexibility index (Phi) is 2.34. The molecule has 0 aliphatic heterocycles. The van der Waals surface area contributed by atoms with Gasteiger partial charge in [-0.25, -0.2) is 0 Å². The topological polar surface area (TPSA) is 0 Å². The van der Waals surface area contributed by atoms with Gasteiger partial charge in [0.2, 0.25) is 0 Å². The van der Waals surface area contributed by atoms with Crippen LogP contribution in [0.1, 0.15) is 11.1 Å². The van der Waals surface area contributed by atoms with E-state index in [0.29, 0.717) is 0 Å². The third kappa shape index (κ3) is 1.55. The summed E-state index contributed by atoms with van der Waals surface area (Å²) in [6.07, 6.45) is 0. The average Bonchev–Trinajstić information content (AvgIpc) is 2.46. The molecular weight excluding hydrogens is 240 g/mol. The molecule has 0 aromatic heterocycles. The lowest BCUT2D eigenvalue weighted by atomic mass is 9.94.